The highest BCUT2D eigenvalue weighted by Gasteiger charge is 2.40. The van der Waals surface area contributed by atoms with Crippen molar-refractivity contribution in [2.24, 2.45) is 5.73 Å². The molecule has 0 amide bonds. The molecule has 1 unspecified atom stereocenters. The van der Waals surface area contributed by atoms with Crippen LogP contribution in [0.2, 0.25) is 0 Å². The largest absolute Gasteiger partial charge is 0.326 e. The van der Waals surface area contributed by atoms with Crippen molar-refractivity contribution in [3.8, 4) is 0 Å². The van der Waals surface area contributed by atoms with Gasteiger partial charge in [-0.15, -0.1) is 0 Å². The number of hydrogen-bond donors (Lipinski definition) is 1. The third-order valence-electron chi connectivity index (χ3n) is 3.42. The summed E-state index contributed by atoms with van der Waals surface area (Å²) in [5.74, 6) is 0. The maximum Gasteiger partial charge on any atom is 0.0182 e. The Morgan fingerprint density at radius 2 is 2.18 bits per heavy atom. The Hall–Kier alpha value is -0.0800. The molecule has 64 valence electrons. The molecule has 0 aromatic rings. The summed E-state index contributed by atoms with van der Waals surface area (Å²) in [5, 5.41) is 0. The summed E-state index contributed by atoms with van der Waals surface area (Å²) < 4.78 is 0. The van der Waals surface area contributed by atoms with E-state index in [2.05, 4.69) is 11.8 Å². The van der Waals surface area contributed by atoms with Gasteiger partial charge in [0.25, 0.3) is 0 Å². The van der Waals surface area contributed by atoms with Crippen molar-refractivity contribution in [1.82, 2.24) is 4.90 Å². The van der Waals surface area contributed by atoms with Gasteiger partial charge < -0.3 is 5.73 Å². The van der Waals surface area contributed by atoms with Crippen LogP contribution in [-0.2, 0) is 0 Å². The highest BCUT2D eigenvalue weighted by atomic mass is 15.2. The predicted octanol–water partition coefficient (Wildman–Crippen LogP) is 0.962. The van der Waals surface area contributed by atoms with Gasteiger partial charge in [0.2, 0.25) is 0 Å². The molecule has 0 aromatic heterocycles. The molecular formula is C9H18N2. The van der Waals surface area contributed by atoms with Gasteiger partial charge in [0.15, 0.2) is 0 Å². The van der Waals surface area contributed by atoms with Crippen LogP contribution in [-0.4, -0.2) is 29.6 Å². The molecule has 1 aliphatic carbocycles. The Morgan fingerprint density at radius 1 is 1.45 bits per heavy atom. The molecule has 1 saturated carbocycles. The Labute approximate surface area is 68.7 Å². The lowest BCUT2D eigenvalue weighted by Gasteiger charge is -2.46. The van der Waals surface area contributed by atoms with E-state index in [1.807, 2.05) is 0 Å². The lowest BCUT2D eigenvalue weighted by molar-refractivity contribution is 0.0532. The molecule has 0 spiro atoms. The van der Waals surface area contributed by atoms with Gasteiger partial charge in [0.1, 0.15) is 0 Å². The van der Waals surface area contributed by atoms with E-state index in [4.69, 9.17) is 5.73 Å². The molecule has 0 radical (unpaired) electrons. The topological polar surface area (TPSA) is 29.3 Å². The molecule has 1 atom stereocenters. The van der Waals surface area contributed by atoms with Gasteiger partial charge in [-0.25, -0.2) is 0 Å². The van der Waals surface area contributed by atoms with Gasteiger partial charge in [0, 0.05) is 24.7 Å². The van der Waals surface area contributed by atoms with E-state index in [1.165, 1.54) is 32.2 Å². The first-order chi connectivity index (χ1) is 5.21. The minimum absolute atomic E-state index is 0.451. The second-order valence-corrected chi connectivity index (χ2v) is 4.35. The van der Waals surface area contributed by atoms with E-state index in [1.54, 1.807) is 0 Å². The molecule has 1 aliphatic heterocycles. The van der Waals surface area contributed by atoms with Crippen LogP contribution >= 0.6 is 0 Å². The summed E-state index contributed by atoms with van der Waals surface area (Å²) >= 11 is 0. The van der Waals surface area contributed by atoms with E-state index in [0.717, 1.165) is 6.54 Å². The average Bonchev–Trinajstić information content (AvgIpc) is 2.31. The van der Waals surface area contributed by atoms with Crippen LogP contribution in [0, 0.1) is 0 Å². The molecule has 2 heteroatoms. The molecule has 2 N–H and O–H groups in total. The van der Waals surface area contributed by atoms with Crippen molar-refractivity contribution >= 4 is 0 Å². The second kappa shape index (κ2) is 2.46. The Kier molecular flexibility index (Phi) is 1.69. The van der Waals surface area contributed by atoms with Gasteiger partial charge in [-0.3, -0.25) is 4.90 Å². The van der Waals surface area contributed by atoms with E-state index in [-0.39, 0.29) is 0 Å². The summed E-state index contributed by atoms with van der Waals surface area (Å²) in [5.41, 5.74) is 6.39. The van der Waals surface area contributed by atoms with Crippen LogP contribution in [0.5, 0.6) is 0 Å². The van der Waals surface area contributed by atoms with Crippen LogP contribution in [0.4, 0.5) is 0 Å². The van der Waals surface area contributed by atoms with Gasteiger partial charge in [0.05, 0.1) is 0 Å². The maximum atomic E-state index is 5.86. The zero-order valence-electron chi connectivity index (χ0n) is 7.34. The van der Waals surface area contributed by atoms with Gasteiger partial charge >= 0.3 is 0 Å². The fraction of sp³-hybridized carbons (Fsp3) is 1.00. The SMILES string of the molecule is CC1(N2CCC(N)C2)CCC1. The standard InChI is InChI=1S/C9H18N2/c1-9(4-2-5-9)11-6-3-8(10)7-11/h8H,2-7,10H2,1H3. The Bertz CT molecular complexity index is 152. The van der Waals surface area contributed by atoms with E-state index >= 15 is 0 Å². The van der Waals surface area contributed by atoms with Crippen LogP contribution in [0.25, 0.3) is 0 Å². The van der Waals surface area contributed by atoms with Crippen molar-refractivity contribution in [3.05, 3.63) is 0 Å². The molecule has 1 saturated heterocycles. The molecule has 0 bridgehead atoms. The summed E-state index contributed by atoms with van der Waals surface area (Å²) in [6.45, 7) is 4.75. The zero-order valence-corrected chi connectivity index (χ0v) is 7.34. The van der Waals surface area contributed by atoms with Crippen molar-refractivity contribution in [2.45, 2.75) is 44.2 Å². The summed E-state index contributed by atoms with van der Waals surface area (Å²) in [7, 11) is 0. The van der Waals surface area contributed by atoms with Crippen molar-refractivity contribution < 1.29 is 0 Å². The summed E-state index contributed by atoms with van der Waals surface area (Å²) in [4.78, 5) is 2.58. The van der Waals surface area contributed by atoms with E-state index < -0.39 is 0 Å². The third-order valence-corrected chi connectivity index (χ3v) is 3.42. The Balaban J connectivity index is 1.95. The van der Waals surface area contributed by atoms with E-state index in [9.17, 15) is 0 Å². The Morgan fingerprint density at radius 3 is 2.55 bits per heavy atom. The van der Waals surface area contributed by atoms with Gasteiger partial charge in [-0.1, -0.05) is 0 Å². The fourth-order valence-corrected chi connectivity index (χ4v) is 2.28. The summed E-state index contributed by atoms with van der Waals surface area (Å²) in [6.07, 6.45) is 5.40. The second-order valence-electron chi connectivity index (χ2n) is 4.35. The quantitative estimate of drug-likeness (QED) is 0.609. The highest BCUT2D eigenvalue weighted by Crippen LogP contribution is 2.38. The molecule has 2 aliphatic rings. The minimum Gasteiger partial charge on any atom is -0.326 e. The van der Waals surface area contributed by atoms with Gasteiger partial charge in [-0.05, 0) is 32.6 Å². The fourth-order valence-electron chi connectivity index (χ4n) is 2.28. The van der Waals surface area contributed by atoms with Crippen LogP contribution < -0.4 is 5.73 Å². The van der Waals surface area contributed by atoms with E-state index in [0.29, 0.717) is 11.6 Å². The number of nitrogens with zero attached hydrogens (tertiary/aromatic N) is 1. The van der Waals surface area contributed by atoms with Crippen LogP contribution in [0.3, 0.4) is 0 Å². The number of likely N-dealkylation sites (tertiary alicyclic amines) is 1. The number of hydrogen-bond acceptors (Lipinski definition) is 2. The lowest BCUT2D eigenvalue weighted by atomic mass is 9.77. The van der Waals surface area contributed by atoms with Crippen LogP contribution in [0.1, 0.15) is 32.6 Å². The third kappa shape index (κ3) is 1.18. The van der Waals surface area contributed by atoms with Crippen LogP contribution in [0.15, 0.2) is 0 Å². The van der Waals surface area contributed by atoms with Crippen molar-refractivity contribution in [2.75, 3.05) is 13.1 Å². The van der Waals surface area contributed by atoms with Crippen molar-refractivity contribution in [1.29, 1.82) is 0 Å². The molecule has 11 heavy (non-hydrogen) atoms. The zero-order chi connectivity index (χ0) is 7.90. The first kappa shape index (κ1) is 7.56. The minimum atomic E-state index is 0.451. The summed E-state index contributed by atoms with van der Waals surface area (Å²) in [6, 6.07) is 0.451. The molecular weight excluding hydrogens is 136 g/mol. The number of nitrogens with two attached hydrogens (primary N) is 1. The lowest BCUT2D eigenvalue weighted by Crippen LogP contribution is -2.50. The smallest absolute Gasteiger partial charge is 0.0182 e. The predicted molar refractivity (Wildman–Crippen MR) is 46.4 cm³/mol. The van der Waals surface area contributed by atoms with Gasteiger partial charge in [-0.2, -0.15) is 0 Å². The molecule has 1 heterocycles. The maximum absolute atomic E-state index is 5.86. The van der Waals surface area contributed by atoms with Crippen molar-refractivity contribution in [3.63, 3.8) is 0 Å². The number of rotatable bonds is 1. The highest BCUT2D eigenvalue weighted by molar-refractivity contribution is 4.97. The monoisotopic (exact) mass is 154 g/mol. The molecule has 0 aromatic carbocycles. The normalized spacial score (nSPS) is 37.1. The molecule has 2 fully saturated rings. The molecule has 2 rings (SSSR count). The average molecular weight is 154 g/mol. The molecule has 2 nitrogen and oxygen atoms in total. The first-order valence-electron chi connectivity index (χ1n) is 4.71. The first-order valence-corrected chi connectivity index (χ1v) is 4.71.